The molecule has 0 radical (unpaired) electrons. The number of unbranched alkanes of at least 4 members (excludes halogenated alkanes) is 2. The lowest BCUT2D eigenvalue weighted by Gasteiger charge is -2.57. The number of hydrogen-bond acceptors (Lipinski definition) is 2. The van der Waals surface area contributed by atoms with Crippen molar-refractivity contribution in [3.8, 4) is 0 Å². The SMILES string of the molecule is CCCCCC1CC2OC(C)(C)[C@@H]3CCC(C)C[C@H]3C2CC1C(=O)O. The van der Waals surface area contributed by atoms with Crippen molar-refractivity contribution < 1.29 is 14.6 Å². The fourth-order valence-electron chi connectivity index (χ4n) is 6.38. The van der Waals surface area contributed by atoms with Gasteiger partial charge in [0.1, 0.15) is 0 Å². The molecule has 1 saturated heterocycles. The molecule has 0 amide bonds. The van der Waals surface area contributed by atoms with Gasteiger partial charge in [0, 0.05) is 0 Å². The second kappa shape index (κ2) is 7.58. The van der Waals surface area contributed by atoms with E-state index < -0.39 is 5.97 Å². The van der Waals surface area contributed by atoms with Crippen molar-refractivity contribution >= 4 is 5.97 Å². The van der Waals surface area contributed by atoms with Crippen molar-refractivity contribution in [1.82, 2.24) is 0 Å². The van der Waals surface area contributed by atoms with Crippen LogP contribution in [0.1, 0.15) is 85.5 Å². The Morgan fingerprint density at radius 2 is 1.88 bits per heavy atom. The smallest absolute Gasteiger partial charge is 0.306 e. The van der Waals surface area contributed by atoms with Crippen LogP contribution in [-0.4, -0.2) is 22.8 Å². The molecule has 1 N–H and O–H groups in total. The van der Waals surface area contributed by atoms with Crippen LogP contribution in [0, 0.1) is 35.5 Å². The minimum atomic E-state index is -0.565. The summed E-state index contributed by atoms with van der Waals surface area (Å²) in [4.78, 5) is 12.0. The Morgan fingerprint density at radius 1 is 1.12 bits per heavy atom. The Kier molecular flexibility index (Phi) is 5.82. The zero-order valence-electron chi connectivity index (χ0n) is 16.7. The molecule has 2 aliphatic carbocycles. The number of aliphatic carboxylic acids is 1. The third-order valence-electron chi connectivity index (χ3n) is 7.66. The van der Waals surface area contributed by atoms with Crippen molar-refractivity contribution in [2.45, 2.75) is 97.2 Å². The number of carboxylic acid groups (broad SMARTS) is 1. The lowest BCUT2D eigenvalue weighted by molar-refractivity contribution is -0.228. The summed E-state index contributed by atoms with van der Waals surface area (Å²) in [5.41, 5.74) is -0.0456. The monoisotopic (exact) mass is 350 g/mol. The van der Waals surface area contributed by atoms with Gasteiger partial charge >= 0.3 is 5.97 Å². The first-order valence-electron chi connectivity index (χ1n) is 10.7. The molecule has 2 saturated carbocycles. The van der Waals surface area contributed by atoms with Gasteiger partial charge in [0.25, 0.3) is 0 Å². The summed E-state index contributed by atoms with van der Waals surface area (Å²) in [6.45, 7) is 9.15. The van der Waals surface area contributed by atoms with Crippen LogP contribution in [0.5, 0.6) is 0 Å². The third-order valence-corrected chi connectivity index (χ3v) is 7.66. The molecule has 25 heavy (non-hydrogen) atoms. The fourth-order valence-corrected chi connectivity index (χ4v) is 6.38. The highest BCUT2D eigenvalue weighted by atomic mass is 16.5. The summed E-state index contributed by atoms with van der Waals surface area (Å²) >= 11 is 0. The summed E-state index contributed by atoms with van der Waals surface area (Å²) in [6, 6.07) is 0. The number of ether oxygens (including phenoxy) is 1. The van der Waals surface area contributed by atoms with Gasteiger partial charge in [0.05, 0.1) is 17.6 Å². The molecule has 3 aliphatic rings. The standard InChI is InChI=1S/C22H38O3/c1-5-6-7-8-15-12-20-18(13-16(15)21(23)24)17-11-14(2)9-10-19(17)22(3,4)25-20/h14-20H,5-13H2,1-4H3,(H,23,24)/t14?,15?,16?,17-,18?,19+,20?/m0/s1. The van der Waals surface area contributed by atoms with Gasteiger partial charge in [-0.05, 0) is 75.5 Å². The van der Waals surface area contributed by atoms with Crippen molar-refractivity contribution in [3.05, 3.63) is 0 Å². The van der Waals surface area contributed by atoms with Crippen LogP contribution in [0.3, 0.4) is 0 Å². The Balaban J connectivity index is 1.78. The van der Waals surface area contributed by atoms with Crippen LogP contribution in [0.2, 0.25) is 0 Å². The molecule has 0 aromatic carbocycles. The van der Waals surface area contributed by atoms with E-state index in [2.05, 4.69) is 27.7 Å². The predicted molar refractivity (Wildman–Crippen MR) is 100 cm³/mol. The van der Waals surface area contributed by atoms with Crippen LogP contribution in [0.15, 0.2) is 0 Å². The van der Waals surface area contributed by atoms with Crippen molar-refractivity contribution in [1.29, 1.82) is 0 Å². The fraction of sp³-hybridized carbons (Fsp3) is 0.955. The molecule has 7 atom stereocenters. The lowest BCUT2D eigenvalue weighted by atomic mass is 9.56. The first kappa shape index (κ1) is 19.2. The van der Waals surface area contributed by atoms with E-state index in [9.17, 15) is 9.90 Å². The summed E-state index contributed by atoms with van der Waals surface area (Å²) in [6.07, 6.45) is 10.5. The second-order valence-electron chi connectivity index (χ2n) is 9.78. The van der Waals surface area contributed by atoms with Crippen molar-refractivity contribution in [2.24, 2.45) is 35.5 Å². The quantitative estimate of drug-likeness (QED) is 0.664. The van der Waals surface area contributed by atoms with E-state index in [0.29, 0.717) is 23.7 Å². The molecular formula is C22H38O3. The number of fused-ring (bicyclic) bond motifs is 3. The van der Waals surface area contributed by atoms with Gasteiger partial charge in [-0.15, -0.1) is 0 Å². The summed E-state index contributed by atoms with van der Waals surface area (Å²) in [7, 11) is 0. The van der Waals surface area contributed by atoms with Gasteiger partial charge in [-0.2, -0.15) is 0 Å². The maximum atomic E-state index is 12.0. The third kappa shape index (κ3) is 3.91. The molecule has 3 fully saturated rings. The summed E-state index contributed by atoms with van der Waals surface area (Å²) in [5.74, 6) is 2.10. The Morgan fingerprint density at radius 3 is 2.56 bits per heavy atom. The van der Waals surface area contributed by atoms with Gasteiger partial charge in [-0.1, -0.05) is 39.5 Å². The van der Waals surface area contributed by atoms with E-state index in [4.69, 9.17) is 4.74 Å². The van der Waals surface area contributed by atoms with Crippen molar-refractivity contribution in [3.63, 3.8) is 0 Å². The minimum absolute atomic E-state index is 0.0456. The molecular weight excluding hydrogens is 312 g/mol. The number of rotatable bonds is 5. The van der Waals surface area contributed by atoms with E-state index in [1.54, 1.807) is 0 Å². The zero-order chi connectivity index (χ0) is 18.2. The average molecular weight is 351 g/mol. The highest BCUT2D eigenvalue weighted by Gasteiger charge is 2.54. The molecule has 1 heterocycles. The van der Waals surface area contributed by atoms with Crippen LogP contribution < -0.4 is 0 Å². The van der Waals surface area contributed by atoms with Gasteiger partial charge in [0.15, 0.2) is 0 Å². The average Bonchev–Trinajstić information content (AvgIpc) is 2.53. The van der Waals surface area contributed by atoms with Crippen molar-refractivity contribution in [2.75, 3.05) is 0 Å². The highest BCUT2D eigenvalue weighted by molar-refractivity contribution is 5.70. The predicted octanol–water partition coefficient (Wildman–Crippen LogP) is 5.52. The van der Waals surface area contributed by atoms with Gasteiger partial charge in [-0.25, -0.2) is 0 Å². The molecule has 3 rings (SSSR count). The summed E-state index contributed by atoms with van der Waals surface area (Å²) < 4.78 is 6.65. The van der Waals surface area contributed by atoms with Crippen LogP contribution in [0.4, 0.5) is 0 Å². The maximum Gasteiger partial charge on any atom is 0.306 e. The maximum absolute atomic E-state index is 12.0. The van der Waals surface area contributed by atoms with E-state index in [-0.39, 0.29) is 17.6 Å². The molecule has 0 aromatic heterocycles. The second-order valence-corrected chi connectivity index (χ2v) is 9.78. The van der Waals surface area contributed by atoms with E-state index in [1.165, 1.54) is 32.1 Å². The molecule has 0 bridgehead atoms. The summed E-state index contributed by atoms with van der Waals surface area (Å²) in [5, 5.41) is 9.87. The van der Waals surface area contributed by atoms with Crippen LogP contribution >= 0.6 is 0 Å². The number of hydrogen-bond donors (Lipinski definition) is 1. The van der Waals surface area contributed by atoms with Crippen LogP contribution in [-0.2, 0) is 9.53 Å². The molecule has 5 unspecified atom stereocenters. The number of carboxylic acids is 1. The molecule has 1 aliphatic heterocycles. The van der Waals surface area contributed by atoms with E-state index in [0.717, 1.165) is 31.6 Å². The normalized spacial score (nSPS) is 43.1. The Hall–Kier alpha value is -0.570. The molecule has 0 spiro atoms. The van der Waals surface area contributed by atoms with Gasteiger partial charge in [-0.3, -0.25) is 4.79 Å². The Labute approximate surface area is 153 Å². The number of carbonyl (C=O) groups is 1. The zero-order valence-corrected chi connectivity index (χ0v) is 16.7. The lowest BCUT2D eigenvalue weighted by Crippen LogP contribution is -2.57. The van der Waals surface area contributed by atoms with Crippen LogP contribution in [0.25, 0.3) is 0 Å². The Bertz CT molecular complexity index is 472. The molecule has 3 nitrogen and oxygen atoms in total. The van der Waals surface area contributed by atoms with Gasteiger partial charge in [0.2, 0.25) is 0 Å². The van der Waals surface area contributed by atoms with E-state index >= 15 is 0 Å². The van der Waals surface area contributed by atoms with E-state index in [1.807, 2.05) is 0 Å². The first-order chi connectivity index (χ1) is 11.8. The molecule has 0 aromatic rings. The minimum Gasteiger partial charge on any atom is -0.481 e. The molecule has 3 heteroatoms. The topological polar surface area (TPSA) is 46.5 Å². The highest BCUT2D eigenvalue weighted by Crippen LogP contribution is 2.55. The first-order valence-corrected chi connectivity index (χ1v) is 10.7. The molecule has 144 valence electrons. The van der Waals surface area contributed by atoms with Gasteiger partial charge < -0.3 is 9.84 Å². The largest absolute Gasteiger partial charge is 0.481 e.